The van der Waals surface area contributed by atoms with E-state index in [9.17, 15) is 9.59 Å². The highest BCUT2D eigenvalue weighted by Gasteiger charge is 2.41. The summed E-state index contributed by atoms with van der Waals surface area (Å²) in [5.41, 5.74) is 2.06. The number of carbonyl (C=O) groups excluding carboxylic acids is 2. The van der Waals surface area contributed by atoms with Crippen LogP contribution in [0.25, 0.3) is 0 Å². The molecule has 0 aliphatic carbocycles. The molecule has 4 rings (SSSR count). The number of amides is 1. The van der Waals surface area contributed by atoms with Gasteiger partial charge >= 0.3 is 5.91 Å². The zero-order valence-electron chi connectivity index (χ0n) is 9.21. The van der Waals surface area contributed by atoms with Crippen molar-refractivity contribution in [2.45, 2.75) is 9.79 Å². The molecule has 86 valence electrons. The Morgan fingerprint density at radius 1 is 0.889 bits per heavy atom. The van der Waals surface area contributed by atoms with Crippen molar-refractivity contribution in [2.75, 3.05) is 4.90 Å². The van der Waals surface area contributed by atoms with Crippen LogP contribution in [0.5, 0.6) is 0 Å². The van der Waals surface area contributed by atoms with Gasteiger partial charge in [0.2, 0.25) is 0 Å². The third-order valence-electron chi connectivity index (χ3n) is 3.19. The minimum atomic E-state index is -0.454. The van der Waals surface area contributed by atoms with Crippen molar-refractivity contribution >= 4 is 34.8 Å². The maximum atomic E-state index is 12.1. The largest absolute Gasteiger partial charge is 0.304 e. The van der Waals surface area contributed by atoms with Crippen LogP contribution < -0.4 is 4.90 Å². The lowest BCUT2D eigenvalue weighted by atomic mass is 10.1. The van der Waals surface area contributed by atoms with Crippen LogP contribution in [-0.4, -0.2) is 11.7 Å². The maximum Gasteiger partial charge on any atom is 0.304 e. The zero-order chi connectivity index (χ0) is 12.3. The molecule has 4 heteroatoms. The predicted octanol–water partition coefficient (Wildman–Crippen LogP) is 3.01. The minimum Gasteiger partial charge on any atom is -0.283 e. The van der Waals surface area contributed by atoms with Crippen LogP contribution in [-0.2, 0) is 4.79 Å². The summed E-state index contributed by atoms with van der Waals surface area (Å²) in [6, 6.07) is 13.1. The first-order chi connectivity index (χ1) is 8.77. The van der Waals surface area contributed by atoms with Gasteiger partial charge in [0.25, 0.3) is 5.78 Å². The number of benzene rings is 2. The lowest BCUT2D eigenvalue weighted by Gasteiger charge is -2.26. The Bertz CT molecular complexity index is 723. The van der Waals surface area contributed by atoms with E-state index in [4.69, 9.17) is 0 Å². The Morgan fingerprint density at radius 2 is 1.67 bits per heavy atom. The molecular formula is C14H7NO2S. The molecule has 0 bridgehead atoms. The van der Waals surface area contributed by atoms with Gasteiger partial charge in [-0.1, -0.05) is 30.0 Å². The average molecular weight is 253 g/mol. The number of hydrogen-bond donors (Lipinski definition) is 0. The van der Waals surface area contributed by atoms with Crippen molar-refractivity contribution in [2.24, 2.45) is 0 Å². The number of nitrogens with zero attached hydrogens (tertiary/aromatic N) is 1. The number of hydrogen-bond acceptors (Lipinski definition) is 3. The third kappa shape index (κ3) is 1.06. The highest BCUT2D eigenvalue weighted by molar-refractivity contribution is 7.99. The molecule has 0 saturated carbocycles. The van der Waals surface area contributed by atoms with E-state index in [1.165, 1.54) is 0 Å². The molecule has 0 spiro atoms. The van der Waals surface area contributed by atoms with Gasteiger partial charge in [0.05, 0.1) is 16.9 Å². The second-order valence-corrected chi connectivity index (χ2v) is 5.28. The number of Topliss-reactive ketones (excluding diaryl/α,β-unsaturated/α-hetero) is 1. The summed E-state index contributed by atoms with van der Waals surface area (Å²) >= 11 is 1.60. The highest BCUT2D eigenvalue weighted by Crippen LogP contribution is 2.51. The van der Waals surface area contributed by atoms with E-state index in [0.29, 0.717) is 5.56 Å². The van der Waals surface area contributed by atoms with Crippen LogP contribution >= 0.6 is 11.8 Å². The Hall–Kier alpha value is -2.07. The second-order valence-electron chi connectivity index (χ2n) is 4.19. The summed E-state index contributed by atoms with van der Waals surface area (Å²) in [5, 5.41) is 0. The van der Waals surface area contributed by atoms with Gasteiger partial charge < -0.3 is 0 Å². The lowest BCUT2D eigenvalue weighted by molar-refractivity contribution is -0.113. The Kier molecular flexibility index (Phi) is 1.78. The molecule has 1 amide bonds. The van der Waals surface area contributed by atoms with Crippen molar-refractivity contribution in [1.29, 1.82) is 0 Å². The SMILES string of the molecule is O=C1C(=O)N2c3ccccc3Sc3cccc1c32. The van der Waals surface area contributed by atoms with Gasteiger partial charge in [-0.05, 0) is 24.3 Å². The Labute approximate surface area is 107 Å². The normalized spacial score (nSPS) is 15.7. The molecule has 0 N–H and O–H groups in total. The third-order valence-corrected chi connectivity index (χ3v) is 4.31. The van der Waals surface area contributed by atoms with Crippen LogP contribution in [0.15, 0.2) is 52.3 Å². The molecule has 0 aromatic heterocycles. The van der Waals surface area contributed by atoms with Gasteiger partial charge in [-0.25, -0.2) is 0 Å². The number of ketones is 1. The van der Waals surface area contributed by atoms with Crippen LogP contribution in [0.4, 0.5) is 11.4 Å². The summed E-state index contributed by atoms with van der Waals surface area (Å²) in [6.07, 6.45) is 0. The number of rotatable bonds is 0. The van der Waals surface area contributed by atoms with Crippen molar-refractivity contribution in [3.05, 3.63) is 48.0 Å². The van der Waals surface area contributed by atoms with Gasteiger partial charge in [-0.15, -0.1) is 0 Å². The molecular weight excluding hydrogens is 246 g/mol. The highest BCUT2D eigenvalue weighted by atomic mass is 32.2. The monoisotopic (exact) mass is 253 g/mol. The molecule has 2 aromatic rings. The topological polar surface area (TPSA) is 37.4 Å². The Balaban J connectivity index is 2.09. The summed E-state index contributed by atoms with van der Waals surface area (Å²) < 4.78 is 0. The van der Waals surface area contributed by atoms with Crippen molar-refractivity contribution in [3.8, 4) is 0 Å². The van der Waals surface area contributed by atoms with Crippen LogP contribution in [0.2, 0.25) is 0 Å². The Morgan fingerprint density at radius 3 is 2.56 bits per heavy atom. The van der Waals surface area contributed by atoms with E-state index in [1.54, 1.807) is 22.7 Å². The summed E-state index contributed by atoms with van der Waals surface area (Å²) in [4.78, 5) is 27.6. The summed E-state index contributed by atoms with van der Waals surface area (Å²) in [6.45, 7) is 0. The molecule has 2 aliphatic rings. The fraction of sp³-hybridized carbons (Fsp3) is 0. The van der Waals surface area contributed by atoms with E-state index in [0.717, 1.165) is 21.2 Å². The zero-order valence-corrected chi connectivity index (χ0v) is 10.0. The fourth-order valence-electron chi connectivity index (χ4n) is 2.41. The van der Waals surface area contributed by atoms with E-state index in [-0.39, 0.29) is 0 Å². The van der Waals surface area contributed by atoms with Crippen LogP contribution in [0.3, 0.4) is 0 Å². The van der Waals surface area contributed by atoms with Gasteiger partial charge in [-0.3, -0.25) is 14.5 Å². The summed E-state index contributed by atoms with van der Waals surface area (Å²) in [7, 11) is 0. The number of fused-ring (bicyclic) bond motifs is 2. The number of carbonyl (C=O) groups is 2. The van der Waals surface area contributed by atoms with Gasteiger partial charge in [0.1, 0.15) is 0 Å². The number of anilines is 2. The van der Waals surface area contributed by atoms with Crippen molar-refractivity contribution in [1.82, 2.24) is 0 Å². The fourth-order valence-corrected chi connectivity index (χ4v) is 3.51. The first kappa shape index (κ1) is 9.91. The van der Waals surface area contributed by atoms with E-state index >= 15 is 0 Å². The lowest BCUT2D eigenvalue weighted by Crippen LogP contribution is -2.26. The molecule has 0 atom stereocenters. The standard InChI is InChI=1S/C14H7NO2S/c16-13-8-4-3-7-11-12(8)15(14(13)17)9-5-1-2-6-10(9)18-11/h1-7H. The second kappa shape index (κ2) is 3.23. The average Bonchev–Trinajstić information content (AvgIpc) is 2.66. The van der Waals surface area contributed by atoms with E-state index < -0.39 is 11.7 Å². The minimum absolute atomic E-state index is 0.413. The molecule has 0 radical (unpaired) electrons. The summed E-state index contributed by atoms with van der Waals surface area (Å²) in [5.74, 6) is -0.866. The molecule has 3 nitrogen and oxygen atoms in total. The molecule has 2 heterocycles. The maximum absolute atomic E-state index is 12.1. The molecule has 2 aliphatic heterocycles. The van der Waals surface area contributed by atoms with E-state index in [1.807, 2.05) is 36.4 Å². The first-order valence-electron chi connectivity index (χ1n) is 5.56. The van der Waals surface area contributed by atoms with Crippen LogP contribution in [0.1, 0.15) is 10.4 Å². The molecule has 0 saturated heterocycles. The van der Waals surface area contributed by atoms with Gasteiger partial charge in [0.15, 0.2) is 0 Å². The van der Waals surface area contributed by atoms with Gasteiger partial charge in [-0.2, -0.15) is 0 Å². The van der Waals surface area contributed by atoms with Crippen LogP contribution in [0, 0.1) is 0 Å². The smallest absolute Gasteiger partial charge is 0.283 e. The van der Waals surface area contributed by atoms with Crippen molar-refractivity contribution in [3.63, 3.8) is 0 Å². The number of para-hydroxylation sites is 2. The van der Waals surface area contributed by atoms with Gasteiger partial charge in [0, 0.05) is 9.79 Å². The molecule has 18 heavy (non-hydrogen) atoms. The molecule has 0 unspecified atom stereocenters. The predicted molar refractivity (Wildman–Crippen MR) is 68.5 cm³/mol. The van der Waals surface area contributed by atoms with E-state index in [2.05, 4.69) is 0 Å². The first-order valence-corrected chi connectivity index (χ1v) is 6.38. The molecule has 2 aromatic carbocycles. The quantitative estimate of drug-likeness (QED) is 0.677. The molecule has 0 fully saturated rings. The van der Waals surface area contributed by atoms with Crippen molar-refractivity contribution < 1.29 is 9.59 Å².